The zero-order chi connectivity index (χ0) is 12.2. The molecule has 0 spiro atoms. The molecule has 1 radical (unpaired) electrons. The van der Waals surface area contributed by atoms with Crippen molar-refractivity contribution in [2.75, 3.05) is 0 Å². The van der Waals surface area contributed by atoms with E-state index in [0.717, 1.165) is 11.8 Å². The summed E-state index contributed by atoms with van der Waals surface area (Å²) in [7, 11) is 0. The fraction of sp³-hybridized carbons (Fsp3) is 0.765. The average Bonchev–Trinajstić information content (AvgIpc) is 2.49. The fourth-order valence-corrected chi connectivity index (χ4v) is 3.90. The summed E-state index contributed by atoms with van der Waals surface area (Å²) >= 11 is 0. The maximum atomic E-state index is 5.10. The van der Waals surface area contributed by atoms with E-state index in [1.807, 2.05) is 0 Å². The lowest BCUT2D eigenvalue weighted by Gasteiger charge is -2.33. The highest BCUT2D eigenvalue weighted by Crippen LogP contribution is 2.34. The monoisotopic (exact) mass is 244 g/mol. The van der Waals surface area contributed by atoms with Crippen LogP contribution in [0.3, 0.4) is 0 Å². The first kappa shape index (κ1) is 12.3. The zero-order valence-corrected chi connectivity index (χ0v) is 11.5. The third-order valence-electron chi connectivity index (χ3n) is 5.03. The number of nitrogens with zero attached hydrogens (tertiary/aromatic N) is 1. The molecule has 2 fully saturated rings. The van der Waals surface area contributed by atoms with Crippen molar-refractivity contribution in [1.82, 2.24) is 5.32 Å². The molecule has 2 aliphatic carbocycles. The van der Waals surface area contributed by atoms with Crippen LogP contribution >= 0.6 is 0 Å². The van der Waals surface area contributed by atoms with Gasteiger partial charge in [-0.1, -0.05) is 50.7 Å². The molecule has 18 heavy (non-hydrogen) atoms. The van der Waals surface area contributed by atoms with Gasteiger partial charge < -0.3 is 0 Å². The summed E-state index contributed by atoms with van der Waals surface area (Å²) in [5.41, 5.74) is 1.42. The molecule has 3 aliphatic rings. The summed E-state index contributed by atoms with van der Waals surface area (Å²) in [5.74, 6) is 1.61. The largest absolute Gasteiger partial charge is 0.282 e. The first-order chi connectivity index (χ1) is 8.93. The normalized spacial score (nSPS) is 30.9. The highest BCUT2D eigenvalue weighted by atomic mass is 14.9. The van der Waals surface area contributed by atoms with Gasteiger partial charge in [0.2, 0.25) is 0 Å². The minimum Gasteiger partial charge on any atom is -0.282 e. The van der Waals surface area contributed by atoms with Gasteiger partial charge in [-0.15, -0.1) is 0 Å². The van der Waals surface area contributed by atoms with E-state index in [1.165, 1.54) is 69.9 Å². The third kappa shape index (κ3) is 2.81. The zero-order valence-electron chi connectivity index (χ0n) is 11.5. The maximum absolute atomic E-state index is 5.10. The molecule has 1 unspecified atom stereocenters. The standard InChI is InChI=1S/C17H26N/c1-3-8-14(9-4-1)16-12-7-13-17(18-16)15-10-5-2-6-11-15/h7,12-16H,1-6,8-11H2. The minimum absolute atomic E-state index is 0.507. The summed E-state index contributed by atoms with van der Waals surface area (Å²) < 4.78 is 0. The topological polar surface area (TPSA) is 14.1 Å². The Morgan fingerprint density at radius 2 is 1.50 bits per heavy atom. The van der Waals surface area contributed by atoms with E-state index in [-0.39, 0.29) is 0 Å². The number of hydrogen-bond donors (Lipinski definition) is 0. The molecule has 0 N–H and O–H groups in total. The Hall–Kier alpha value is -0.720. The quantitative estimate of drug-likeness (QED) is 0.675. The highest BCUT2D eigenvalue weighted by molar-refractivity contribution is 5.22. The van der Waals surface area contributed by atoms with Crippen molar-refractivity contribution in [1.29, 1.82) is 0 Å². The molecule has 1 aliphatic heterocycles. The van der Waals surface area contributed by atoms with Gasteiger partial charge in [0, 0.05) is 11.6 Å². The Balaban J connectivity index is 1.60. The Morgan fingerprint density at radius 3 is 2.22 bits per heavy atom. The summed E-state index contributed by atoms with van der Waals surface area (Å²) in [6, 6.07) is 0.507. The van der Waals surface area contributed by atoms with E-state index < -0.39 is 0 Å². The lowest BCUT2D eigenvalue weighted by Crippen LogP contribution is -2.34. The Morgan fingerprint density at radius 1 is 0.833 bits per heavy atom. The van der Waals surface area contributed by atoms with Crippen LogP contribution in [-0.4, -0.2) is 6.04 Å². The average molecular weight is 244 g/mol. The van der Waals surface area contributed by atoms with Gasteiger partial charge in [0.05, 0.1) is 6.04 Å². The lowest BCUT2D eigenvalue weighted by molar-refractivity contribution is 0.291. The maximum Gasteiger partial charge on any atom is 0.0714 e. The van der Waals surface area contributed by atoms with E-state index in [2.05, 4.69) is 18.2 Å². The van der Waals surface area contributed by atoms with Crippen LogP contribution in [0.25, 0.3) is 0 Å². The van der Waals surface area contributed by atoms with Crippen LogP contribution in [0.1, 0.15) is 64.2 Å². The van der Waals surface area contributed by atoms with Gasteiger partial charge in [-0.3, -0.25) is 5.32 Å². The first-order valence-electron chi connectivity index (χ1n) is 8.03. The predicted octanol–water partition coefficient (Wildman–Crippen LogP) is 4.57. The van der Waals surface area contributed by atoms with Gasteiger partial charge in [0.1, 0.15) is 0 Å². The van der Waals surface area contributed by atoms with E-state index in [1.54, 1.807) is 0 Å². The van der Waals surface area contributed by atoms with Gasteiger partial charge in [-0.05, 0) is 37.7 Å². The van der Waals surface area contributed by atoms with E-state index in [0.29, 0.717) is 6.04 Å². The lowest BCUT2D eigenvalue weighted by atomic mass is 9.81. The Bertz CT molecular complexity index is 317. The van der Waals surface area contributed by atoms with Crippen molar-refractivity contribution in [2.24, 2.45) is 11.8 Å². The second kappa shape index (κ2) is 5.95. The van der Waals surface area contributed by atoms with Crippen LogP contribution in [0.4, 0.5) is 0 Å². The van der Waals surface area contributed by atoms with Crippen molar-refractivity contribution in [3.8, 4) is 0 Å². The summed E-state index contributed by atoms with van der Waals surface area (Å²) in [5, 5.41) is 5.10. The van der Waals surface area contributed by atoms with Crippen LogP contribution in [0.5, 0.6) is 0 Å². The SMILES string of the molecule is C1=CC(C2CCCCC2)[N]C(C2CCCCC2)=C1. The molecule has 1 heterocycles. The second-order valence-corrected chi connectivity index (χ2v) is 6.33. The molecule has 1 atom stereocenters. The van der Waals surface area contributed by atoms with Gasteiger partial charge in [0.15, 0.2) is 0 Å². The Labute approximate surface area is 112 Å². The van der Waals surface area contributed by atoms with Crippen molar-refractivity contribution < 1.29 is 0 Å². The summed E-state index contributed by atoms with van der Waals surface area (Å²) in [6.45, 7) is 0. The molecule has 1 heteroatoms. The van der Waals surface area contributed by atoms with Gasteiger partial charge in [-0.2, -0.15) is 0 Å². The van der Waals surface area contributed by atoms with Crippen LogP contribution < -0.4 is 5.32 Å². The summed E-state index contributed by atoms with van der Waals surface area (Å²) in [4.78, 5) is 0. The molecule has 99 valence electrons. The molecule has 2 saturated carbocycles. The van der Waals surface area contributed by atoms with Crippen LogP contribution in [0.15, 0.2) is 23.9 Å². The number of allylic oxidation sites excluding steroid dienone is 3. The van der Waals surface area contributed by atoms with Crippen LogP contribution in [0, 0.1) is 11.8 Å². The Kier molecular flexibility index (Phi) is 4.07. The third-order valence-corrected chi connectivity index (χ3v) is 5.03. The number of hydrogen-bond acceptors (Lipinski definition) is 0. The van der Waals surface area contributed by atoms with E-state index in [4.69, 9.17) is 5.32 Å². The van der Waals surface area contributed by atoms with Crippen molar-refractivity contribution in [3.05, 3.63) is 23.9 Å². The molecular formula is C17H26N. The van der Waals surface area contributed by atoms with Crippen molar-refractivity contribution in [3.63, 3.8) is 0 Å². The molecule has 0 bridgehead atoms. The van der Waals surface area contributed by atoms with Gasteiger partial charge >= 0.3 is 0 Å². The first-order valence-corrected chi connectivity index (χ1v) is 8.03. The van der Waals surface area contributed by atoms with Gasteiger partial charge in [-0.25, -0.2) is 0 Å². The van der Waals surface area contributed by atoms with Crippen molar-refractivity contribution >= 4 is 0 Å². The number of rotatable bonds is 2. The molecule has 3 rings (SSSR count). The molecule has 0 aromatic rings. The molecule has 0 amide bonds. The minimum atomic E-state index is 0.507. The highest BCUT2D eigenvalue weighted by Gasteiger charge is 2.27. The van der Waals surface area contributed by atoms with Gasteiger partial charge in [0.25, 0.3) is 0 Å². The van der Waals surface area contributed by atoms with Crippen LogP contribution in [-0.2, 0) is 0 Å². The molecule has 0 saturated heterocycles. The second-order valence-electron chi connectivity index (χ2n) is 6.33. The molecule has 0 aromatic heterocycles. The fourth-order valence-electron chi connectivity index (χ4n) is 3.90. The van der Waals surface area contributed by atoms with Crippen molar-refractivity contribution in [2.45, 2.75) is 70.3 Å². The van der Waals surface area contributed by atoms with E-state index >= 15 is 0 Å². The predicted molar refractivity (Wildman–Crippen MR) is 76.3 cm³/mol. The molecule has 0 aromatic carbocycles. The van der Waals surface area contributed by atoms with Crippen LogP contribution in [0.2, 0.25) is 0 Å². The molecular weight excluding hydrogens is 218 g/mol. The summed E-state index contributed by atoms with van der Waals surface area (Å²) in [6.07, 6.45) is 21.0. The smallest absolute Gasteiger partial charge is 0.0714 e. The van der Waals surface area contributed by atoms with E-state index in [9.17, 15) is 0 Å². The molecule has 1 nitrogen and oxygen atoms in total.